The molecule has 37 heavy (non-hydrogen) atoms. The molecule has 0 unspecified atom stereocenters. The fourth-order valence-corrected chi connectivity index (χ4v) is 5.07. The van der Waals surface area contributed by atoms with E-state index in [9.17, 15) is 18.0 Å². The topological polar surface area (TPSA) is 105 Å². The zero-order valence-electron chi connectivity index (χ0n) is 21.4. The van der Waals surface area contributed by atoms with Gasteiger partial charge in [-0.2, -0.15) is 0 Å². The van der Waals surface area contributed by atoms with Crippen LogP contribution in [-0.2, 0) is 26.2 Å². The smallest absolute Gasteiger partial charge is 0.244 e. The number of halogens is 2. The highest BCUT2D eigenvalue weighted by Crippen LogP contribution is 2.35. The Balaban J connectivity index is 1.97. The van der Waals surface area contributed by atoms with Crippen molar-refractivity contribution >= 4 is 50.7 Å². The molecule has 1 aliphatic rings. The van der Waals surface area contributed by atoms with Gasteiger partial charge in [-0.1, -0.05) is 29.3 Å². The van der Waals surface area contributed by atoms with Crippen LogP contribution in [0, 0.1) is 0 Å². The van der Waals surface area contributed by atoms with Gasteiger partial charge in [0.25, 0.3) is 0 Å². The van der Waals surface area contributed by atoms with Crippen LogP contribution in [0.1, 0.15) is 33.3 Å². The largest absolute Gasteiger partial charge is 0.486 e. The number of anilines is 1. The molecule has 12 heteroatoms. The van der Waals surface area contributed by atoms with Gasteiger partial charge in [0.15, 0.2) is 11.5 Å². The van der Waals surface area contributed by atoms with Crippen LogP contribution in [0.3, 0.4) is 0 Å². The van der Waals surface area contributed by atoms with Crippen LogP contribution in [-0.4, -0.2) is 62.7 Å². The van der Waals surface area contributed by atoms with Crippen molar-refractivity contribution < 1.29 is 27.5 Å². The predicted molar refractivity (Wildman–Crippen MR) is 144 cm³/mol. The van der Waals surface area contributed by atoms with Crippen molar-refractivity contribution in [3.05, 3.63) is 52.0 Å². The number of sulfonamides is 1. The van der Waals surface area contributed by atoms with E-state index in [4.69, 9.17) is 32.7 Å². The molecule has 9 nitrogen and oxygen atoms in total. The number of amides is 2. The summed E-state index contributed by atoms with van der Waals surface area (Å²) in [6.07, 6.45) is 1.00. The van der Waals surface area contributed by atoms with Gasteiger partial charge in [-0.15, -0.1) is 0 Å². The summed E-state index contributed by atoms with van der Waals surface area (Å²) < 4.78 is 37.6. The Morgan fingerprint density at radius 3 is 2.22 bits per heavy atom. The van der Waals surface area contributed by atoms with Crippen molar-refractivity contribution in [3.8, 4) is 11.5 Å². The lowest BCUT2D eigenvalue weighted by molar-refractivity contribution is -0.140. The molecule has 0 bridgehead atoms. The van der Waals surface area contributed by atoms with Crippen molar-refractivity contribution in [2.75, 3.05) is 30.3 Å². The van der Waals surface area contributed by atoms with E-state index in [1.54, 1.807) is 31.2 Å². The Kier molecular flexibility index (Phi) is 8.87. The van der Waals surface area contributed by atoms with Crippen molar-refractivity contribution in [2.45, 2.75) is 45.8 Å². The van der Waals surface area contributed by atoms with Crippen molar-refractivity contribution in [3.63, 3.8) is 0 Å². The molecule has 202 valence electrons. The van der Waals surface area contributed by atoms with Gasteiger partial charge in [0.05, 0.1) is 11.9 Å². The summed E-state index contributed by atoms with van der Waals surface area (Å²) in [7, 11) is -3.90. The Bertz CT molecular complexity index is 1260. The molecular weight excluding hydrogens is 541 g/mol. The van der Waals surface area contributed by atoms with Gasteiger partial charge in [0.1, 0.15) is 25.8 Å². The SMILES string of the molecule is C[C@H](C(=O)NC(C)(C)C)N(Cc1c(Cl)cccc1Cl)C(=O)CN(c1ccc2c(c1)OCCO2)S(C)(=O)=O. The van der Waals surface area contributed by atoms with Gasteiger partial charge in [-0.3, -0.25) is 13.9 Å². The molecule has 0 saturated heterocycles. The van der Waals surface area contributed by atoms with Crippen molar-refractivity contribution in [2.24, 2.45) is 0 Å². The van der Waals surface area contributed by atoms with E-state index in [1.807, 2.05) is 20.8 Å². The van der Waals surface area contributed by atoms with Gasteiger partial charge >= 0.3 is 0 Å². The van der Waals surface area contributed by atoms with Gasteiger partial charge in [-0.25, -0.2) is 8.42 Å². The molecule has 0 radical (unpaired) electrons. The Morgan fingerprint density at radius 2 is 1.65 bits per heavy atom. The fraction of sp³-hybridized carbons (Fsp3) is 0.440. The van der Waals surface area contributed by atoms with Gasteiger partial charge in [0.2, 0.25) is 21.8 Å². The number of hydrogen-bond donors (Lipinski definition) is 1. The molecule has 0 aliphatic carbocycles. The zero-order chi connectivity index (χ0) is 27.5. The first-order valence-electron chi connectivity index (χ1n) is 11.6. The average Bonchev–Trinajstić information content (AvgIpc) is 2.79. The number of carbonyl (C=O) groups is 2. The first-order chi connectivity index (χ1) is 17.2. The van der Waals surface area contributed by atoms with E-state index in [-0.39, 0.29) is 12.2 Å². The summed E-state index contributed by atoms with van der Waals surface area (Å²) in [6.45, 7) is 7.07. The number of hydrogen-bond acceptors (Lipinski definition) is 6. The van der Waals surface area contributed by atoms with Crippen molar-refractivity contribution in [1.29, 1.82) is 0 Å². The fourth-order valence-electron chi connectivity index (χ4n) is 3.71. The standard InChI is InChI=1S/C25H31Cl2N3O6S/c1-16(24(32)28-25(2,3)4)29(14-18-19(26)7-6-8-20(18)27)23(31)15-30(37(5,33)34)17-9-10-21-22(13-17)36-12-11-35-21/h6-10,13,16H,11-12,14-15H2,1-5H3,(H,28,32)/t16-/m1/s1. The maximum absolute atomic E-state index is 13.7. The lowest BCUT2D eigenvalue weighted by atomic mass is 10.1. The summed E-state index contributed by atoms with van der Waals surface area (Å²) in [5.41, 5.74) is 0.119. The minimum Gasteiger partial charge on any atom is -0.486 e. The summed E-state index contributed by atoms with van der Waals surface area (Å²) in [6, 6.07) is 8.60. The van der Waals surface area contributed by atoms with E-state index < -0.39 is 40.0 Å². The van der Waals surface area contributed by atoms with Crippen LogP contribution in [0.15, 0.2) is 36.4 Å². The predicted octanol–water partition coefficient (Wildman–Crippen LogP) is 3.86. The van der Waals surface area contributed by atoms with E-state index in [1.165, 1.54) is 17.0 Å². The van der Waals surface area contributed by atoms with E-state index in [0.29, 0.717) is 40.3 Å². The minimum absolute atomic E-state index is 0.102. The maximum Gasteiger partial charge on any atom is 0.244 e. The number of carbonyl (C=O) groups excluding carboxylic acids is 2. The summed E-state index contributed by atoms with van der Waals surface area (Å²) in [5.74, 6) is -0.165. The van der Waals surface area contributed by atoms with Crippen LogP contribution in [0.25, 0.3) is 0 Å². The van der Waals surface area contributed by atoms with Crippen LogP contribution in [0.4, 0.5) is 5.69 Å². The summed E-state index contributed by atoms with van der Waals surface area (Å²) >= 11 is 12.7. The third-order valence-corrected chi connectivity index (χ3v) is 7.40. The molecule has 1 atom stereocenters. The molecule has 2 amide bonds. The molecule has 1 N–H and O–H groups in total. The Morgan fingerprint density at radius 1 is 1.05 bits per heavy atom. The second-order valence-corrected chi connectivity index (χ2v) is 12.5. The third kappa shape index (κ3) is 7.43. The van der Waals surface area contributed by atoms with Gasteiger partial charge in [-0.05, 0) is 52.0 Å². The molecular formula is C25H31Cl2N3O6S. The molecule has 3 rings (SSSR count). The molecule has 2 aromatic rings. The number of nitrogens with one attached hydrogen (secondary N) is 1. The number of nitrogens with zero attached hydrogens (tertiary/aromatic N) is 2. The quantitative estimate of drug-likeness (QED) is 0.515. The zero-order valence-corrected chi connectivity index (χ0v) is 23.7. The average molecular weight is 573 g/mol. The van der Waals surface area contributed by atoms with E-state index in [2.05, 4.69) is 5.32 Å². The first-order valence-corrected chi connectivity index (χ1v) is 14.2. The second kappa shape index (κ2) is 11.4. The molecule has 0 saturated carbocycles. The maximum atomic E-state index is 13.7. The van der Waals surface area contributed by atoms with Crippen LogP contribution >= 0.6 is 23.2 Å². The number of ether oxygens (including phenoxy) is 2. The monoisotopic (exact) mass is 571 g/mol. The lowest BCUT2D eigenvalue weighted by Crippen LogP contribution is -2.54. The summed E-state index contributed by atoms with van der Waals surface area (Å²) in [4.78, 5) is 28.0. The highest BCUT2D eigenvalue weighted by molar-refractivity contribution is 7.92. The third-order valence-electron chi connectivity index (χ3n) is 5.55. The number of benzene rings is 2. The molecule has 0 spiro atoms. The minimum atomic E-state index is -3.90. The highest BCUT2D eigenvalue weighted by atomic mass is 35.5. The van der Waals surface area contributed by atoms with Crippen LogP contribution in [0.2, 0.25) is 10.0 Å². The van der Waals surface area contributed by atoms with Gasteiger partial charge in [0, 0.05) is 33.8 Å². The van der Waals surface area contributed by atoms with E-state index >= 15 is 0 Å². The Hall–Kier alpha value is -2.69. The highest BCUT2D eigenvalue weighted by Gasteiger charge is 2.32. The second-order valence-electron chi connectivity index (χ2n) is 9.73. The molecule has 1 aliphatic heterocycles. The first kappa shape index (κ1) is 28.9. The van der Waals surface area contributed by atoms with Crippen LogP contribution in [0.5, 0.6) is 11.5 Å². The normalized spacial score (nSPS) is 14.0. The number of rotatable bonds is 8. The van der Waals surface area contributed by atoms with Crippen LogP contribution < -0.4 is 19.1 Å². The lowest BCUT2D eigenvalue weighted by Gasteiger charge is -2.33. The summed E-state index contributed by atoms with van der Waals surface area (Å²) in [5, 5.41) is 3.50. The van der Waals surface area contributed by atoms with Crippen molar-refractivity contribution in [1.82, 2.24) is 10.2 Å². The number of fused-ring (bicyclic) bond motifs is 1. The molecule has 0 fully saturated rings. The molecule has 1 heterocycles. The Labute approximate surface area is 227 Å². The van der Waals surface area contributed by atoms with E-state index in [0.717, 1.165) is 10.6 Å². The van der Waals surface area contributed by atoms with Gasteiger partial charge < -0.3 is 19.7 Å². The molecule has 0 aromatic heterocycles. The molecule has 2 aromatic carbocycles.